The summed E-state index contributed by atoms with van der Waals surface area (Å²) in [6, 6.07) is 5.99. The molecule has 0 aliphatic heterocycles. The summed E-state index contributed by atoms with van der Waals surface area (Å²) >= 11 is 0. The van der Waals surface area contributed by atoms with Crippen LogP contribution in [0, 0.1) is 39.9 Å². The quantitative estimate of drug-likeness (QED) is 0.473. The molecule has 0 bridgehead atoms. The molecule has 0 saturated heterocycles. The van der Waals surface area contributed by atoms with E-state index in [9.17, 15) is 0 Å². The summed E-state index contributed by atoms with van der Waals surface area (Å²) < 4.78 is 0. The Morgan fingerprint density at radius 2 is 1.92 bits per heavy atom. The molecule has 0 saturated carbocycles. The van der Waals surface area contributed by atoms with Gasteiger partial charge < -0.3 is 0 Å². The molecule has 0 aromatic carbocycles. The Bertz CT molecular complexity index is 272. The van der Waals surface area contributed by atoms with E-state index in [4.69, 9.17) is 15.8 Å². The van der Waals surface area contributed by atoms with Gasteiger partial charge in [0.2, 0.25) is 0 Å². The highest BCUT2D eigenvalue weighted by Gasteiger charge is 2.01. The molecule has 0 fully saturated rings. The maximum absolute atomic E-state index is 8.63. The van der Waals surface area contributed by atoms with Crippen LogP contribution in [0.3, 0.4) is 0 Å². The lowest BCUT2D eigenvalue weighted by Gasteiger charge is -1.99. The van der Waals surface area contributed by atoms with E-state index >= 15 is 0 Å². The van der Waals surface area contributed by atoms with E-state index in [0.717, 1.165) is 19.3 Å². The van der Waals surface area contributed by atoms with Crippen LogP contribution in [0.5, 0.6) is 0 Å². The largest absolute Gasteiger partial charge is 0.198 e. The fourth-order valence-electron chi connectivity index (χ4n) is 0.931. The van der Waals surface area contributed by atoms with Crippen molar-refractivity contribution in [3.8, 4) is 18.2 Å². The molecule has 66 valence electrons. The minimum atomic E-state index is -0.182. The van der Waals surface area contributed by atoms with Crippen LogP contribution in [0.2, 0.25) is 0 Å². The summed E-state index contributed by atoms with van der Waals surface area (Å²) in [6.45, 7) is 0. The van der Waals surface area contributed by atoms with Crippen molar-refractivity contribution in [1.82, 2.24) is 0 Å². The second-order valence-corrected chi connectivity index (χ2v) is 2.63. The second kappa shape index (κ2) is 8.31. The van der Waals surface area contributed by atoms with Crippen LogP contribution >= 0.6 is 0 Å². The summed E-state index contributed by atoms with van der Waals surface area (Å²) in [5.74, 6) is -0.182. The maximum Gasteiger partial charge on any atom is 0.0909 e. The van der Waals surface area contributed by atoms with Gasteiger partial charge in [0.15, 0.2) is 0 Å². The van der Waals surface area contributed by atoms with Crippen molar-refractivity contribution in [2.45, 2.75) is 25.7 Å². The topological polar surface area (TPSA) is 71.4 Å². The van der Waals surface area contributed by atoms with Gasteiger partial charge in [-0.05, 0) is 12.8 Å². The van der Waals surface area contributed by atoms with E-state index in [1.807, 2.05) is 12.1 Å². The SMILES string of the molecule is N#CC=CC(C#N)CCCCC#N. The predicted octanol–water partition coefficient (Wildman–Crippen LogP) is 2.29. The number of hydrogen-bond acceptors (Lipinski definition) is 3. The number of rotatable bonds is 5. The first-order valence-corrected chi connectivity index (χ1v) is 4.18. The molecule has 0 radical (unpaired) electrons. The molecule has 13 heavy (non-hydrogen) atoms. The average Bonchev–Trinajstić information content (AvgIpc) is 2.17. The highest BCUT2D eigenvalue weighted by atomic mass is 14.3. The molecule has 0 spiro atoms. The second-order valence-electron chi connectivity index (χ2n) is 2.63. The lowest BCUT2D eigenvalue weighted by molar-refractivity contribution is 0.633. The third-order valence-corrected chi connectivity index (χ3v) is 1.62. The number of hydrogen-bond donors (Lipinski definition) is 0. The number of nitrogens with zero attached hydrogens (tertiary/aromatic N) is 3. The van der Waals surface area contributed by atoms with Gasteiger partial charge in [0.1, 0.15) is 0 Å². The zero-order chi connectivity index (χ0) is 9.94. The van der Waals surface area contributed by atoms with Crippen molar-refractivity contribution in [1.29, 1.82) is 15.8 Å². The van der Waals surface area contributed by atoms with Crippen LogP contribution in [0.1, 0.15) is 25.7 Å². The van der Waals surface area contributed by atoms with E-state index in [1.165, 1.54) is 6.08 Å². The first kappa shape index (κ1) is 11.2. The fraction of sp³-hybridized carbons (Fsp3) is 0.500. The van der Waals surface area contributed by atoms with Crippen LogP contribution in [0.25, 0.3) is 0 Å². The van der Waals surface area contributed by atoms with E-state index in [2.05, 4.69) is 6.07 Å². The van der Waals surface area contributed by atoms with Gasteiger partial charge in [-0.1, -0.05) is 12.5 Å². The van der Waals surface area contributed by atoms with Gasteiger partial charge in [-0.25, -0.2) is 0 Å². The maximum atomic E-state index is 8.63. The molecule has 0 aliphatic rings. The lowest BCUT2D eigenvalue weighted by Crippen LogP contribution is -1.91. The van der Waals surface area contributed by atoms with E-state index in [0.29, 0.717) is 6.42 Å². The van der Waals surface area contributed by atoms with Gasteiger partial charge in [0.25, 0.3) is 0 Å². The van der Waals surface area contributed by atoms with Gasteiger partial charge in [-0.15, -0.1) is 0 Å². The lowest BCUT2D eigenvalue weighted by atomic mass is 10.0. The molecule has 3 nitrogen and oxygen atoms in total. The van der Waals surface area contributed by atoms with Gasteiger partial charge in [-0.3, -0.25) is 0 Å². The normalized spacial score (nSPS) is 11.5. The Morgan fingerprint density at radius 3 is 2.46 bits per heavy atom. The molecule has 0 rings (SSSR count). The molecule has 1 atom stereocenters. The van der Waals surface area contributed by atoms with Crippen LogP contribution in [-0.2, 0) is 0 Å². The van der Waals surface area contributed by atoms with Crippen molar-refractivity contribution in [3.63, 3.8) is 0 Å². The van der Waals surface area contributed by atoms with Gasteiger partial charge in [0.05, 0.1) is 24.1 Å². The van der Waals surface area contributed by atoms with Crippen LogP contribution < -0.4 is 0 Å². The molecular formula is C10H11N3. The Hall–Kier alpha value is -1.79. The molecule has 0 heterocycles. The summed E-state index contributed by atoms with van der Waals surface area (Å²) in [5.41, 5.74) is 0. The first-order valence-electron chi connectivity index (χ1n) is 4.18. The zero-order valence-electron chi connectivity index (χ0n) is 7.40. The summed E-state index contributed by atoms with van der Waals surface area (Å²) in [7, 11) is 0. The van der Waals surface area contributed by atoms with E-state index in [-0.39, 0.29) is 5.92 Å². The van der Waals surface area contributed by atoms with Gasteiger partial charge in [-0.2, -0.15) is 15.8 Å². The third-order valence-electron chi connectivity index (χ3n) is 1.62. The zero-order valence-corrected chi connectivity index (χ0v) is 7.40. The molecule has 0 aromatic heterocycles. The van der Waals surface area contributed by atoms with Gasteiger partial charge >= 0.3 is 0 Å². The van der Waals surface area contributed by atoms with Crippen LogP contribution in [-0.4, -0.2) is 0 Å². The number of allylic oxidation sites excluding steroid dienone is 2. The van der Waals surface area contributed by atoms with Crippen molar-refractivity contribution in [2.24, 2.45) is 5.92 Å². The monoisotopic (exact) mass is 173 g/mol. The minimum Gasteiger partial charge on any atom is -0.198 e. The predicted molar refractivity (Wildman–Crippen MR) is 47.9 cm³/mol. The summed E-state index contributed by atoms with van der Waals surface area (Å²) in [6.07, 6.45) is 5.90. The third kappa shape index (κ3) is 6.60. The Balaban J connectivity index is 3.64. The smallest absolute Gasteiger partial charge is 0.0909 e. The van der Waals surface area contributed by atoms with E-state index in [1.54, 1.807) is 6.08 Å². The highest BCUT2D eigenvalue weighted by Crippen LogP contribution is 2.09. The van der Waals surface area contributed by atoms with Crippen LogP contribution in [0.15, 0.2) is 12.2 Å². The Kier molecular flexibility index (Phi) is 7.16. The Morgan fingerprint density at radius 1 is 1.15 bits per heavy atom. The average molecular weight is 173 g/mol. The van der Waals surface area contributed by atoms with Crippen molar-refractivity contribution >= 4 is 0 Å². The first-order chi connectivity index (χ1) is 6.35. The molecular weight excluding hydrogens is 162 g/mol. The Labute approximate surface area is 78.5 Å². The van der Waals surface area contributed by atoms with Crippen molar-refractivity contribution < 1.29 is 0 Å². The van der Waals surface area contributed by atoms with Crippen LogP contribution in [0.4, 0.5) is 0 Å². The highest BCUT2D eigenvalue weighted by molar-refractivity contribution is 5.08. The fourth-order valence-corrected chi connectivity index (χ4v) is 0.931. The minimum absolute atomic E-state index is 0.182. The standard InChI is InChI=1S/C10H11N3/c11-7-3-1-2-5-10(9-13)6-4-8-12/h4,6,10H,1-3,5H2. The molecule has 0 aliphatic carbocycles. The van der Waals surface area contributed by atoms with E-state index < -0.39 is 0 Å². The van der Waals surface area contributed by atoms with Crippen molar-refractivity contribution in [2.75, 3.05) is 0 Å². The summed E-state index contributed by atoms with van der Waals surface area (Å²) in [5, 5.41) is 25.1. The van der Waals surface area contributed by atoms with Crippen molar-refractivity contribution in [3.05, 3.63) is 12.2 Å². The van der Waals surface area contributed by atoms with Gasteiger partial charge in [0, 0.05) is 12.5 Å². The number of nitriles is 3. The molecule has 3 heteroatoms. The molecule has 0 amide bonds. The number of unbranched alkanes of at least 4 members (excludes halogenated alkanes) is 2. The molecule has 1 unspecified atom stereocenters. The summed E-state index contributed by atoms with van der Waals surface area (Å²) in [4.78, 5) is 0. The molecule has 0 aromatic rings. The molecule has 0 N–H and O–H groups in total.